The van der Waals surface area contributed by atoms with E-state index in [9.17, 15) is 12.8 Å². The molecule has 0 amide bonds. The van der Waals surface area contributed by atoms with E-state index < -0.39 is 10.0 Å². The summed E-state index contributed by atoms with van der Waals surface area (Å²) in [5, 5.41) is 5.42. The Morgan fingerprint density at radius 3 is 2.33 bits per heavy atom. The Kier molecular flexibility index (Phi) is 5.24. The van der Waals surface area contributed by atoms with E-state index in [2.05, 4.69) is 4.98 Å². The number of nitrogens with two attached hydrogens (primary N) is 1. The average Bonchev–Trinajstić information content (AvgIpc) is 3.13. The summed E-state index contributed by atoms with van der Waals surface area (Å²) in [6.07, 6.45) is 0.403. The van der Waals surface area contributed by atoms with Crippen molar-refractivity contribution in [3.8, 4) is 22.6 Å². The zero-order valence-electron chi connectivity index (χ0n) is 16.2. The SMILES string of the molecule is Cc1c(F)cccc1-c1oc(Cc2ccccc2)nc1-c1ccccc1S(N)(=O)=O. The maximum atomic E-state index is 14.2. The standard InChI is InChI=1S/C23H19FN2O3S/c1-15-17(11-7-12-19(15)24)23-22(18-10-5-6-13-20(18)30(25,27)28)26-21(29-23)14-16-8-3-2-4-9-16/h2-13H,14H2,1H3,(H2,25,27,28). The first-order valence-electron chi connectivity index (χ1n) is 9.26. The van der Waals surface area contributed by atoms with Crippen LogP contribution in [0.15, 0.2) is 82.1 Å². The number of hydrogen-bond donors (Lipinski definition) is 1. The van der Waals surface area contributed by atoms with Crippen molar-refractivity contribution in [3.05, 3.63) is 95.6 Å². The number of rotatable bonds is 5. The van der Waals surface area contributed by atoms with E-state index in [0.29, 0.717) is 40.5 Å². The van der Waals surface area contributed by atoms with Crippen molar-refractivity contribution in [2.24, 2.45) is 5.14 Å². The Hall–Kier alpha value is -3.29. The number of nitrogens with zero attached hydrogens (tertiary/aromatic N) is 1. The van der Waals surface area contributed by atoms with Gasteiger partial charge in [0.1, 0.15) is 11.5 Å². The molecule has 1 aromatic heterocycles. The van der Waals surface area contributed by atoms with E-state index >= 15 is 0 Å². The third-order valence-electron chi connectivity index (χ3n) is 4.83. The van der Waals surface area contributed by atoms with Crippen molar-refractivity contribution < 1.29 is 17.2 Å². The molecular weight excluding hydrogens is 403 g/mol. The lowest BCUT2D eigenvalue weighted by Gasteiger charge is -2.08. The molecule has 0 bridgehead atoms. The molecule has 30 heavy (non-hydrogen) atoms. The zero-order valence-corrected chi connectivity index (χ0v) is 17.0. The van der Waals surface area contributed by atoms with Gasteiger partial charge in [0.05, 0.1) is 4.90 Å². The third kappa shape index (κ3) is 3.90. The molecule has 0 radical (unpaired) electrons. The van der Waals surface area contributed by atoms with Gasteiger partial charge in [0.2, 0.25) is 10.0 Å². The summed E-state index contributed by atoms with van der Waals surface area (Å²) in [6.45, 7) is 1.64. The summed E-state index contributed by atoms with van der Waals surface area (Å²) < 4.78 is 44.6. The highest BCUT2D eigenvalue weighted by molar-refractivity contribution is 7.89. The Labute approximate surface area is 174 Å². The summed E-state index contributed by atoms with van der Waals surface area (Å²) >= 11 is 0. The summed E-state index contributed by atoms with van der Waals surface area (Å²) in [7, 11) is -4.00. The maximum absolute atomic E-state index is 14.2. The molecule has 0 aliphatic rings. The molecule has 0 atom stereocenters. The highest BCUT2D eigenvalue weighted by atomic mass is 32.2. The van der Waals surface area contributed by atoms with Crippen LogP contribution >= 0.6 is 0 Å². The monoisotopic (exact) mass is 422 g/mol. The minimum Gasteiger partial charge on any atom is -0.440 e. The first kappa shape index (κ1) is 20.0. The molecule has 7 heteroatoms. The molecule has 0 aliphatic carbocycles. The molecule has 0 unspecified atom stereocenters. The minimum absolute atomic E-state index is 0.0696. The van der Waals surface area contributed by atoms with Crippen LogP contribution in [-0.4, -0.2) is 13.4 Å². The van der Waals surface area contributed by atoms with Gasteiger partial charge < -0.3 is 4.42 Å². The second kappa shape index (κ2) is 7.85. The van der Waals surface area contributed by atoms with Crippen molar-refractivity contribution in [3.63, 3.8) is 0 Å². The number of oxazole rings is 1. The fourth-order valence-corrected chi connectivity index (χ4v) is 4.08. The molecule has 0 aliphatic heterocycles. The maximum Gasteiger partial charge on any atom is 0.238 e. The van der Waals surface area contributed by atoms with Gasteiger partial charge >= 0.3 is 0 Å². The predicted molar refractivity (Wildman–Crippen MR) is 113 cm³/mol. The molecule has 1 heterocycles. The van der Waals surface area contributed by atoms with Crippen LogP contribution in [0.5, 0.6) is 0 Å². The van der Waals surface area contributed by atoms with Gasteiger partial charge in [0.25, 0.3) is 0 Å². The molecule has 2 N–H and O–H groups in total. The topological polar surface area (TPSA) is 86.2 Å². The van der Waals surface area contributed by atoms with Gasteiger partial charge in [-0.05, 0) is 30.2 Å². The smallest absolute Gasteiger partial charge is 0.238 e. The number of hydrogen-bond acceptors (Lipinski definition) is 4. The molecule has 4 aromatic rings. The second-order valence-electron chi connectivity index (χ2n) is 6.90. The van der Waals surface area contributed by atoms with Crippen molar-refractivity contribution in [2.45, 2.75) is 18.2 Å². The van der Waals surface area contributed by atoms with Crippen LogP contribution in [0, 0.1) is 12.7 Å². The fraction of sp³-hybridized carbons (Fsp3) is 0.0870. The zero-order chi connectivity index (χ0) is 21.3. The van der Waals surface area contributed by atoms with Gasteiger partial charge in [0, 0.05) is 17.5 Å². The average molecular weight is 422 g/mol. The molecule has 0 fully saturated rings. The number of sulfonamides is 1. The van der Waals surface area contributed by atoms with E-state index in [-0.39, 0.29) is 10.7 Å². The van der Waals surface area contributed by atoms with Crippen LogP contribution in [0.1, 0.15) is 17.0 Å². The van der Waals surface area contributed by atoms with Crippen LogP contribution in [-0.2, 0) is 16.4 Å². The van der Waals surface area contributed by atoms with Gasteiger partial charge in [0.15, 0.2) is 11.7 Å². The number of halogens is 1. The Bertz CT molecular complexity index is 1320. The number of benzene rings is 3. The van der Waals surface area contributed by atoms with Crippen molar-refractivity contribution >= 4 is 10.0 Å². The van der Waals surface area contributed by atoms with Crippen molar-refractivity contribution in [2.75, 3.05) is 0 Å². The van der Waals surface area contributed by atoms with Gasteiger partial charge in [-0.15, -0.1) is 0 Å². The molecule has 0 saturated heterocycles. The van der Waals surface area contributed by atoms with Crippen LogP contribution < -0.4 is 5.14 Å². The van der Waals surface area contributed by atoms with E-state index in [1.165, 1.54) is 12.1 Å². The quantitative estimate of drug-likeness (QED) is 0.505. The minimum atomic E-state index is -4.00. The van der Waals surface area contributed by atoms with E-state index in [4.69, 9.17) is 9.56 Å². The molecule has 0 saturated carbocycles. The van der Waals surface area contributed by atoms with Crippen molar-refractivity contribution in [1.29, 1.82) is 0 Å². The molecular formula is C23H19FN2O3S. The highest BCUT2D eigenvalue weighted by Crippen LogP contribution is 2.38. The first-order valence-corrected chi connectivity index (χ1v) is 10.8. The predicted octanol–water partition coefficient (Wildman–Crippen LogP) is 4.69. The molecule has 0 spiro atoms. The molecule has 4 rings (SSSR count). The summed E-state index contributed by atoms with van der Waals surface area (Å²) in [5.41, 5.74) is 2.48. The van der Waals surface area contributed by atoms with Crippen LogP contribution in [0.2, 0.25) is 0 Å². The Balaban J connectivity index is 1.95. The highest BCUT2D eigenvalue weighted by Gasteiger charge is 2.24. The lowest BCUT2D eigenvalue weighted by atomic mass is 10.0. The normalized spacial score (nSPS) is 11.6. The fourth-order valence-electron chi connectivity index (χ4n) is 3.34. The van der Waals surface area contributed by atoms with Crippen LogP contribution in [0.3, 0.4) is 0 Å². The summed E-state index contributed by atoms with van der Waals surface area (Å²) in [5.74, 6) is 0.298. The van der Waals surface area contributed by atoms with Crippen molar-refractivity contribution in [1.82, 2.24) is 4.98 Å². The van der Waals surface area contributed by atoms with Crippen LogP contribution in [0.4, 0.5) is 4.39 Å². The second-order valence-corrected chi connectivity index (χ2v) is 8.43. The lowest BCUT2D eigenvalue weighted by molar-refractivity contribution is 0.518. The van der Waals surface area contributed by atoms with Crippen LogP contribution in [0.25, 0.3) is 22.6 Å². The van der Waals surface area contributed by atoms with Gasteiger partial charge in [-0.2, -0.15) is 0 Å². The van der Waals surface area contributed by atoms with Gasteiger partial charge in [-0.1, -0.05) is 60.7 Å². The largest absolute Gasteiger partial charge is 0.440 e. The Morgan fingerprint density at radius 1 is 0.933 bits per heavy atom. The molecule has 3 aromatic carbocycles. The van der Waals surface area contributed by atoms with E-state index in [1.54, 1.807) is 37.3 Å². The van der Waals surface area contributed by atoms with Gasteiger partial charge in [-0.25, -0.2) is 22.9 Å². The lowest BCUT2D eigenvalue weighted by Crippen LogP contribution is -2.13. The number of primary sulfonamides is 1. The van der Waals surface area contributed by atoms with E-state index in [0.717, 1.165) is 5.56 Å². The first-order chi connectivity index (χ1) is 14.3. The molecule has 152 valence electrons. The number of aromatic nitrogens is 1. The Morgan fingerprint density at radius 2 is 1.60 bits per heavy atom. The van der Waals surface area contributed by atoms with Gasteiger partial charge in [-0.3, -0.25) is 0 Å². The summed E-state index contributed by atoms with van der Waals surface area (Å²) in [4.78, 5) is 4.52. The van der Waals surface area contributed by atoms with E-state index in [1.807, 2.05) is 30.3 Å². The summed E-state index contributed by atoms with van der Waals surface area (Å²) in [6, 6.07) is 20.6. The third-order valence-corrected chi connectivity index (χ3v) is 5.80. The molecule has 5 nitrogen and oxygen atoms in total.